The molecule has 0 amide bonds. The maximum absolute atomic E-state index is 11.2. The minimum Gasteiger partial charge on any atom is -0.481 e. The highest BCUT2D eigenvalue weighted by molar-refractivity contribution is 5.70. The number of rotatable bonds is 5. The summed E-state index contributed by atoms with van der Waals surface area (Å²) in [7, 11) is 1.62. The summed E-state index contributed by atoms with van der Waals surface area (Å²) in [6, 6.07) is 0. The Kier molecular flexibility index (Phi) is 4.15. The lowest BCUT2D eigenvalue weighted by molar-refractivity contribution is -0.384. The zero-order chi connectivity index (χ0) is 15.6. The van der Waals surface area contributed by atoms with Crippen LogP contribution in [0.2, 0.25) is 0 Å². The molecule has 1 aliphatic rings. The molecule has 2 N–H and O–H groups in total. The first-order valence-corrected chi connectivity index (χ1v) is 7.03. The smallest absolute Gasteiger partial charge is 0.333 e. The van der Waals surface area contributed by atoms with E-state index in [9.17, 15) is 14.9 Å². The van der Waals surface area contributed by atoms with Crippen LogP contribution in [-0.4, -0.2) is 31.3 Å². The molecule has 1 saturated carbocycles. The van der Waals surface area contributed by atoms with Crippen molar-refractivity contribution < 1.29 is 14.8 Å². The summed E-state index contributed by atoms with van der Waals surface area (Å²) in [5, 5.41) is 27.6. The van der Waals surface area contributed by atoms with Crippen molar-refractivity contribution >= 4 is 17.5 Å². The number of nitro groups is 1. The third-order valence-electron chi connectivity index (χ3n) is 4.06. The fraction of sp³-hybridized carbons (Fsp3) is 0.692. The summed E-state index contributed by atoms with van der Waals surface area (Å²) >= 11 is 0. The van der Waals surface area contributed by atoms with E-state index in [4.69, 9.17) is 5.11 Å². The Balaban J connectivity index is 2.37. The second-order valence-electron chi connectivity index (χ2n) is 5.70. The molecular weight excluding hydrogens is 276 g/mol. The molecule has 0 unspecified atom stereocenters. The molecule has 21 heavy (non-hydrogen) atoms. The van der Waals surface area contributed by atoms with Gasteiger partial charge in [0.05, 0.1) is 11.3 Å². The summed E-state index contributed by atoms with van der Waals surface area (Å²) in [6.07, 6.45) is 4.25. The lowest BCUT2D eigenvalue weighted by Gasteiger charge is -2.37. The molecule has 1 fully saturated rings. The Morgan fingerprint density at radius 2 is 2.10 bits per heavy atom. The van der Waals surface area contributed by atoms with Crippen molar-refractivity contribution in [3.05, 3.63) is 15.8 Å². The average molecular weight is 296 g/mol. The maximum atomic E-state index is 11.2. The predicted octanol–water partition coefficient (Wildman–Crippen LogP) is 2.23. The van der Waals surface area contributed by atoms with Crippen molar-refractivity contribution in [2.45, 2.75) is 51.0 Å². The summed E-state index contributed by atoms with van der Waals surface area (Å²) in [5.41, 5.74) is -0.381. The first-order chi connectivity index (χ1) is 9.84. The van der Waals surface area contributed by atoms with Crippen LogP contribution in [0, 0.1) is 17.0 Å². The van der Waals surface area contributed by atoms with Gasteiger partial charge >= 0.3 is 11.7 Å². The molecule has 0 saturated heterocycles. The van der Waals surface area contributed by atoms with Gasteiger partial charge in [-0.1, -0.05) is 19.3 Å². The van der Waals surface area contributed by atoms with Gasteiger partial charge in [0.1, 0.15) is 5.69 Å². The van der Waals surface area contributed by atoms with E-state index in [-0.39, 0.29) is 12.1 Å². The van der Waals surface area contributed by atoms with Crippen molar-refractivity contribution in [1.82, 2.24) is 9.78 Å². The van der Waals surface area contributed by atoms with Crippen LogP contribution in [0.1, 0.15) is 44.2 Å². The van der Waals surface area contributed by atoms with Gasteiger partial charge in [0.15, 0.2) is 0 Å². The van der Waals surface area contributed by atoms with Crippen molar-refractivity contribution in [2.75, 3.05) is 5.32 Å². The molecule has 0 bridgehead atoms. The van der Waals surface area contributed by atoms with E-state index in [0.29, 0.717) is 24.4 Å². The van der Waals surface area contributed by atoms with Gasteiger partial charge in [0.25, 0.3) is 0 Å². The number of nitrogens with zero attached hydrogens (tertiary/aromatic N) is 3. The van der Waals surface area contributed by atoms with Crippen LogP contribution in [-0.2, 0) is 11.8 Å². The highest BCUT2D eigenvalue weighted by atomic mass is 16.6. The molecule has 0 radical (unpaired) electrons. The number of aromatic nitrogens is 2. The van der Waals surface area contributed by atoms with Crippen LogP contribution in [0.15, 0.2) is 0 Å². The number of nitrogens with one attached hydrogen (secondary N) is 1. The van der Waals surface area contributed by atoms with Crippen molar-refractivity contribution in [3.63, 3.8) is 0 Å². The third-order valence-corrected chi connectivity index (χ3v) is 4.06. The molecule has 8 heteroatoms. The minimum atomic E-state index is -0.897. The van der Waals surface area contributed by atoms with Crippen LogP contribution < -0.4 is 5.32 Å². The molecule has 0 aliphatic heterocycles. The second kappa shape index (κ2) is 5.71. The van der Waals surface area contributed by atoms with Crippen LogP contribution in [0.25, 0.3) is 0 Å². The Morgan fingerprint density at radius 3 is 2.62 bits per heavy atom. The number of anilines is 1. The zero-order valence-electron chi connectivity index (χ0n) is 12.3. The predicted molar refractivity (Wildman–Crippen MR) is 76.3 cm³/mol. The van der Waals surface area contributed by atoms with Crippen LogP contribution >= 0.6 is 0 Å². The molecule has 0 aromatic carbocycles. The third kappa shape index (κ3) is 3.14. The molecule has 0 atom stereocenters. The minimum absolute atomic E-state index is 0.0472. The van der Waals surface area contributed by atoms with Crippen LogP contribution in [0.3, 0.4) is 0 Å². The first-order valence-electron chi connectivity index (χ1n) is 7.03. The summed E-state index contributed by atoms with van der Waals surface area (Å²) in [4.78, 5) is 21.9. The Labute approximate surface area is 122 Å². The number of carbonyl (C=O) groups is 1. The Morgan fingerprint density at radius 1 is 1.48 bits per heavy atom. The molecule has 1 aliphatic carbocycles. The molecule has 8 nitrogen and oxygen atoms in total. The number of aliphatic carboxylic acids is 1. The maximum Gasteiger partial charge on any atom is 0.333 e. The number of carboxylic acid groups (broad SMARTS) is 1. The SMILES string of the molecule is Cc1nn(C)c(NC2(CC(=O)O)CCCCC2)c1[N+](=O)[O-]. The first kappa shape index (κ1) is 15.3. The van der Waals surface area contributed by atoms with E-state index >= 15 is 0 Å². The van der Waals surface area contributed by atoms with Crippen molar-refractivity contribution in [1.29, 1.82) is 0 Å². The Hall–Kier alpha value is -2.12. The van der Waals surface area contributed by atoms with Gasteiger partial charge in [-0.15, -0.1) is 0 Å². The molecule has 1 aromatic rings. The molecular formula is C13H20N4O4. The highest BCUT2D eigenvalue weighted by Gasteiger charge is 2.38. The molecule has 1 heterocycles. The molecule has 1 aromatic heterocycles. The number of hydrogen-bond acceptors (Lipinski definition) is 5. The summed E-state index contributed by atoms with van der Waals surface area (Å²) in [5.74, 6) is -0.605. The summed E-state index contributed by atoms with van der Waals surface area (Å²) in [6.45, 7) is 1.58. The van der Waals surface area contributed by atoms with E-state index < -0.39 is 16.4 Å². The van der Waals surface area contributed by atoms with E-state index in [1.807, 2.05) is 0 Å². The van der Waals surface area contributed by atoms with Gasteiger partial charge in [-0.05, 0) is 19.8 Å². The van der Waals surface area contributed by atoms with Gasteiger partial charge in [-0.2, -0.15) is 5.10 Å². The second-order valence-corrected chi connectivity index (χ2v) is 5.70. The fourth-order valence-electron chi connectivity index (χ4n) is 3.12. The monoisotopic (exact) mass is 296 g/mol. The van der Waals surface area contributed by atoms with Crippen molar-refractivity contribution in [2.24, 2.45) is 7.05 Å². The molecule has 0 spiro atoms. The van der Waals surface area contributed by atoms with E-state index in [2.05, 4.69) is 10.4 Å². The quantitative estimate of drug-likeness (QED) is 0.636. The van der Waals surface area contributed by atoms with Gasteiger partial charge in [-0.25, -0.2) is 4.68 Å². The normalized spacial score (nSPS) is 17.4. The largest absolute Gasteiger partial charge is 0.481 e. The fourth-order valence-corrected chi connectivity index (χ4v) is 3.12. The van der Waals surface area contributed by atoms with Crippen LogP contribution in [0.5, 0.6) is 0 Å². The van der Waals surface area contributed by atoms with E-state index in [1.165, 1.54) is 4.68 Å². The van der Waals surface area contributed by atoms with Gasteiger partial charge in [-0.3, -0.25) is 14.9 Å². The van der Waals surface area contributed by atoms with Crippen LogP contribution in [0.4, 0.5) is 11.5 Å². The topological polar surface area (TPSA) is 110 Å². The average Bonchev–Trinajstić information content (AvgIpc) is 2.64. The standard InChI is InChI=1S/C13H20N4O4/c1-9-11(17(20)21)12(16(2)15-9)14-13(8-10(18)19)6-4-3-5-7-13/h14H,3-8H2,1-2H3,(H,18,19). The molecule has 116 valence electrons. The Bertz CT molecular complexity index is 561. The lowest BCUT2D eigenvalue weighted by Crippen LogP contribution is -2.43. The van der Waals surface area contributed by atoms with Gasteiger partial charge in [0, 0.05) is 12.6 Å². The summed E-state index contributed by atoms with van der Waals surface area (Å²) < 4.78 is 1.42. The van der Waals surface area contributed by atoms with E-state index in [1.54, 1.807) is 14.0 Å². The lowest BCUT2D eigenvalue weighted by atomic mass is 9.79. The van der Waals surface area contributed by atoms with Gasteiger partial charge in [0.2, 0.25) is 5.82 Å². The van der Waals surface area contributed by atoms with Gasteiger partial charge < -0.3 is 10.4 Å². The number of carboxylic acids is 1. The van der Waals surface area contributed by atoms with Crippen molar-refractivity contribution in [3.8, 4) is 0 Å². The zero-order valence-corrected chi connectivity index (χ0v) is 12.3. The molecule has 2 rings (SSSR count). The highest BCUT2D eigenvalue weighted by Crippen LogP contribution is 2.37. The number of hydrogen-bond donors (Lipinski definition) is 2. The van der Waals surface area contributed by atoms with E-state index in [0.717, 1.165) is 19.3 Å². The number of aryl methyl sites for hydroxylation is 2.